The molecule has 0 radical (unpaired) electrons. The first-order chi connectivity index (χ1) is 9.20. The molecule has 0 aromatic heterocycles. The first kappa shape index (κ1) is 13.6. The number of para-hydroxylation sites is 1. The van der Waals surface area contributed by atoms with Gasteiger partial charge >= 0.3 is 0 Å². The Morgan fingerprint density at radius 1 is 1.11 bits per heavy atom. The minimum Gasteiger partial charge on any atom is -0.332 e. The first-order valence-corrected chi connectivity index (χ1v) is 6.81. The minimum absolute atomic E-state index is 0.722. The number of anilines is 2. The monoisotopic (exact) mass is 270 g/mol. The lowest BCUT2D eigenvalue weighted by Crippen LogP contribution is -2.34. The Balaban J connectivity index is 2.16. The van der Waals surface area contributed by atoms with Crippen LogP contribution in [0.2, 0.25) is 0 Å². The largest absolute Gasteiger partial charge is 0.332 e. The summed E-state index contributed by atoms with van der Waals surface area (Å²) >= 11 is 5.50. The van der Waals surface area contributed by atoms with E-state index in [1.165, 1.54) is 5.56 Å². The van der Waals surface area contributed by atoms with Crippen LogP contribution in [0.4, 0.5) is 11.4 Å². The van der Waals surface area contributed by atoms with Crippen molar-refractivity contribution >= 4 is 28.7 Å². The van der Waals surface area contributed by atoms with Crippen LogP contribution in [0.1, 0.15) is 12.5 Å². The van der Waals surface area contributed by atoms with E-state index in [2.05, 4.69) is 48.3 Å². The zero-order chi connectivity index (χ0) is 13.7. The third kappa shape index (κ3) is 3.55. The molecule has 1 N–H and O–H groups in total. The van der Waals surface area contributed by atoms with Crippen LogP contribution in [0.3, 0.4) is 0 Å². The second-order valence-electron chi connectivity index (χ2n) is 4.38. The van der Waals surface area contributed by atoms with E-state index >= 15 is 0 Å². The van der Waals surface area contributed by atoms with Crippen molar-refractivity contribution in [2.24, 2.45) is 0 Å². The van der Waals surface area contributed by atoms with Crippen LogP contribution in [-0.4, -0.2) is 11.7 Å². The SMILES string of the molecule is CCN(C(=S)Nc1ccccc1)c1cccc(C)c1. The maximum atomic E-state index is 5.50. The van der Waals surface area contributed by atoms with E-state index in [1.807, 2.05) is 30.3 Å². The van der Waals surface area contributed by atoms with Gasteiger partial charge in [0.1, 0.15) is 0 Å². The van der Waals surface area contributed by atoms with E-state index in [0.29, 0.717) is 0 Å². The molecule has 3 heteroatoms. The van der Waals surface area contributed by atoms with Crippen molar-refractivity contribution in [3.05, 3.63) is 60.2 Å². The third-order valence-corrected chi connectivity index (χ3v) is 3.22. The van der Waals surface area contributed by atoms with Gasteiger partial charge < -0.3 is 10.2 Å². The maximum absolute atomic E-state index is 5.50. The van der Waals surface area contributed by atoms with Crippen molar-refractivity contribution in [2.45, 2.75) is 13.8 Å². The number of thiocarbonyl (C=S) groups is 1. The molecule has 0 heterocycles. The van der Waals surface area contributed by atoms with Crippen LogP contribution in [0.5, 0.6) is 0 Å². The van der Waals surface area contributed by atoms with Crippen LogP contribution in [0.25, 0.3) is 0 Å². The fraction of sp³-hybridized carbons (Fsp3) is 0.188. The van der Waals surface area contributed by atoms with Gasteiger partial charge in [-0.3, -0.25) is 0 Å². The molecule has 0 amide bonds. The van der Waals surface area contributed by atoms with E-state index in [1.54, 1.807) is 0 Å². The van der Waals surface area contributed by atoms with Gasteiger partial charge in [0.25, 0.3) is 0 Å². The van der Waals surface area contributed by atoms with Gasteiger partial charge in [-0.2, -0.15) is 0 Å². The van der Waals surface area contributed by atoms with E-state index < -0.39 is 0 Å². The van der Waals surface area contributed by atoms with E-state index in [0.717, 1.165) is 23.0 Å². The van der Waals surface area contributed by atoms with Gasteiger partial charge in [0, 0.05) is 17.9 Å². The van der Waals surface area contributed by atoms with Gasteiger partial charge in [0.05, 0.1) is 0 Å². The first-order valence-electron chi connectivity index (χ1n) is 6.41. The summed E-state index contributed by atoms with van der Waals surface area (Å²) in [5.41, 5.74) is 3.37. The molecule has 0 aliphatic carbocycles. The number of nitrogens with zero attached hydrogens (tertiary/aromatic N) is 1. The Bertz CT molecular complexity index is 552. The predicted octanol–water partition coefficient (Wildman–Crippen LogP) is 4.22. The Morgan fingerprint density at radius 3 is 2.47 bits per heavy atom. The zero-order valence-electron chi connectivity index (χ0n) is 11.3. The van der Waals surface area contributed by atoms with Crippen molar-refractivity contribution < 1.29 is 0 Å². The summed E-state index contributed by atoms with van der Waals surface area (Å²) < 4.78 is 0. The molecule has 2 rings (SSSR count). The Hall–Kier alpha value is -1.87. The summed E-state index contributed by atoms with van der Waals surface area (Å²) in [5, 5.41) is 3.99. The lowest BCUT2D eigenvalue weighted by Gasteiger charge is -2.24. The quantitative estimate of drug-likeness (QED) is 0.841. The van der Waals surface area contributed by atoms with E-state index in [4.69, 9.17) is 12.2 Å². The molecular weight excluding hydrogens is 252 g/mol. The van der Waals surface area contributed by atoms with Crippen molar-refractivity contribution in [3.8, 4) is 0 Å². The molecule has 2 nitrogen and oxygen atoms in total. The van der Waals surface area contributed by atoms with Crippen molar-refractivity contribution in [1.82, 2.24) is 0 Å². The molecule has 0 saturated carbocycles. The van der Waals surface area contributed by atoms with Crippen LogP contribution in [-0.2, 0) is 0 Å². The van der Waals surface area contributed by atoms with Crippen LogP contribution >= 0.6 is 12.2 Å². The highest BCUT2D eigenvalue weighted by Gasteiger charge is 2.10. The van der Waals surface area contributed by atoms with Gasteiger partial charge in [-0.25, -0.2) is 0 Å². The van der Waals surface area contributed by atoms with Gasteiger partial charge in [-0.1, -0.05) is 30.3 Å². The molecule has 0 saturated heterocycles. The summed E-state index contributed by atoms with van der Waals surface area (Å²) in [7, 11) is 0. The Morgan fingerprint density at radius 2 is 1.84 bits per heavy atom. The van der Waals surface area contributed by atoms with Gasteiger partial charge in [-0.15, -0.1) is 0 Å². The highest BCUT2D eigenvalue weighted by atomic mass is 32.1. The summed E-state index contributed by atoms with van der Waals surface area (Å²) in [6.07, 6.45) is 0. The van der Waals surface area contributed by atoms with Crippen LogP contribution in [0.15, 0.2) is 54.6 Å². The highest BCUT2D eigenvalue weighted by molar-refractivity contribution is 7.80. The number of rotatable bonds is 3. The summed E-state index contributed by atoms with van der Waals surface area (Å²) in [6.45, 7) is 5.02. The number of nitrogens with one attached hydrogen (secondary N) is 1. The number of aryl methyl sites for hydroxylation is 1. The number of benzene rings is 2. The molecule has 0 unspecified atom stereocenters. The second kappa shape index (κ2) is 6.34. The molecule has 0 fully saturated rings. The molecule has 0 spiro atoms. The molecule has 0 atom stereocenters. The van der Waals surface area contributed by atoms with Crippen molar-refractivity contribution in [1.29, 1.82) is 0 Å². The lowest BCUT2D eigenvalue weighted by atomic mass is 10.2. The zero-order valence-corrected chi connectivity index (χ0v) is 12.1. The average Bonchev–Trinajstić information content (AvgIpc) is 2.41. The molecule has 0 bridgehead atoms. The molecule has 19 heavy (non-hydrogen) atoms. The lowest BCUT2D eigenvalue weighted by molar-refractivity contribution is 1.06. The van der Waals surface area contributed by atoms with Gasteiger partial charge in [0.15, 0.2) is 5.11 Å². The number of hydrogen-bond donors (Lipinski definition) is 1. The van der Waals surface area contributed by atoms with Gasteiger partial charge in [-0.05, 0) is 55.9 Å². The molecule has 2 aromatic rings. The number of hydrogen-bond acceptors (Lipinski definition) is 1. The highest BCUT2D eigenvalue weighted by Crippen LogP contribution is 2.17. The van der Waals surface area contributed by atoms with Crippen molar-refractivity contribution in [2.75, 3.05) is 16.8 Å². The summed E-state index contributed by atoms with van der Waals surface area (Å²) in [5.74, 6) is 0. The normalized spacial score (nSPS) is 10.0. The Labute approximate surface area is 120 Å². The molecule has 0 aliphatic rings. The predicted molar refractivity (Wildman–Crippen MR) is 86.9 cm³/mol. The molecule has 98 valence electrons. The molecule has 0 aliphatic heterocycles. The fourth-order valence-corrected chi connectivity index (χ4v) is 2.30. The summed E-state index contributed by atoms with van der Waals surface area (Å²) in [6, 6.07) is 18.4. The molecule has 2 aromatic carbocycles. The van der Waals surface area contributed by atoms with Crippen LogP contribution < -0.4 is 10.2 Å². The smallest absolute Gasteiger partial charge is 0.177 e. The average molecular weight is 270 g/mol. The Kier molecular flexibility index (Phi) is 4.53. The van der Waals surface area contributed by atoms with Gasteiger partial charge in [0.2, 0.25) is 0 Å². The van der Waals surface area contributed by atoms with Crippen LogP contribution in [0, 0.1) is 6.92 Å². The standard InChI is InChI=1S/C16H18N2S/c1-3-18(15-11-7-8-13(2)12-15)16(19)17-14-9-5-4-6-10-14/h4-12H,3H2,1-2H3,(H,17,19). The second-order valence-corrected chi connectivity index (χ2v) is 4.77. The molecular formula is C16H18N2S. The third-order valence-electron chi connectivity index (χ3n) is 2.90. The van der Waals surface area contributed by atoms with Crippen molar-refractivity contribution in [3.63, 3.8) is 0 Å². The maximum Gasteiger partial charge on any atom is 0.177 e. The fourth-order valence-electron chi connectivity index (χ4n) is 1.95. The van der Waals surface area contributed by atoms with E-state index in [9.17, 15) is 0 Å². The van der Waals surface area contributed by atoms with E-state index in [-0.39, 0.29) is 0 Å². The summed E-state index contributed by atoms with van der Waals surface area (Å²) in [4.78, 5) is 2.09. The topological polar surface area (TPSA) is 15.3 Å². The minimum atomic E-state index is 0.722.